The van der Waals surface area contributed by atoms with Crippen LogP contribution in [0.5, 0.6) is 0 Å². The number of hydrogen-bond donors (Lipinski definition) is 1. The molecular weight excluding hydrogens is 143 g/mol. The van der Waals surface area contributed by atoms with Crippen molar-refractivity contribution < 1.29 is 28.5 Å². The average Bonchev–Trinajstić information content (AvgIpc) is 1.61. The number of rotatable bonds is 3. The molecule has 0 atom stereocenters. The second-order valence-corrected chi connectivity index (χ2v) is 1.50. The molecule has 0 aliphatic rings. The van der Waals surface area contributed by atoms with Crippen LogP contribution in [0.3, 0.4) is 0 Å². The Balaban J connectivity index is 0. The summed E-state index contributed by atoms with van der Waals surface area (Å²) in [4.78, 5) is 9.76. The van der Waals surface area contributed by atoms with Crippen molar-refractivity contribution in [1.82, 2.24) is 0 Å². The van der Waals surface area contributed by atoms with Gasteiger partial charge in [0.1, 0.15) is 0 Å². The molecule has 0 aliphatic heterocycles. The normalized spacial score (nSPS) is 7.62. The molecule has 0 saturated carbocycles. The third kappa shape index (κ3) is 9.41. The van der Waals surface area contributed by atoms with Gasteiger partial charge in [-0.2, -0.15) is 0 Å². The van der Waals surface area contributed by atoms with Crippen LogP contribution in [-0.4, -0.2) is 11.1 Å². The van der Waals surface area contributed by atoms with Gasteiger partial charge in [0.05, 0.1) is 0 Å². The zero-order valence-corrected chi connectivity index (χ0v) is 6.32. The van der Waals surface area contributed by atoms with Gasteiger partial charge in [-0.15, -0.1) is 0 Å². The third-order valence-corrected chi connectivity index (χ3v) is 0.744. The summed E-state index contributed by atoms with van der Waals surface area (Å²) < 4.78 is 0. The van der Waals surface area contributed by atoms with Crippen LogP contribution in [0.4, 0.5) is 0 Å². The molecule has 47 valence electrons. The van der Waals surface area contributed by atoms with Crippen molar-refractivity contribution in [3.05, 3.63) is 0 Å². The van der Waals surface area contributed by atoms with Gasteiger partial charge in [0.25, 0.3) is 0 Å². The van der Waals surface area contributed by atoms with Crippen molar-refractivity contribution in [1.29, 1.82) is 0 Å². The van der Waals surface area contributed by atoms with Crippen LogP contribution in [0.2, 0.25) is 0 Å². The van der Waals surface area contributed by atoms with E-state index in [-0.39, 0.29) is 18.6 Å². The van der Waals surface area contributed by atoms with E-state index in [1.165, 1.54) is 0 Å². The molecule has 0 rings (SSSR count). The third-order valence-electron chi connectivity index (χ3n) is 0.744. The molecule has 0 aromatic heterocycles. The first-order valence-corrected chi connectivity index (χ1v) is 2.49. The number of carboxylic acid groups (broad SMARTS) is 1. The summed E-state index contributed by atoms with van der Waals surface area (Å²) >= 11 is 0. The smallest absolute Gasteiger partial charge is 0.303 e. The Bertz CT molecular complexity index is 63.4. The van der Waals surface area contributed by atoms with E-state index in [0.29, 0.717) is 6.42 Å². The number of carboxylic acids is 1. The maximum atomic E-state index is 9.76. The second-order valence-electron chi connectivity index (χ2n) is 1.50. The summed E-state index contributed by atoms with van der Waals surface area (Å²) in [5, 5.41) is 8.04. The molecule has 0 heterocycles. The molecular formula is C5H10O2V. The van der Waals surface area contributed by atoms with Gasteiger partial charge >= 0.3 is 5.97 Å². The zero-order chi connectivity index (χ0) is 5.70. The summed E-state index contributed by atoms with van der Waals surface area (Å²) in [6.45, 7) is 1.98. The molecule has 0 aromatic rings. The fraction of sp³-hybridized carbons (Fsp3) is 0.800. The Morgan fingerprint density at radius 2 is 2.12 bits per heavy atom. The predicted octanol–water partition coefficient (Wildman–Crippen LogP) is 1.26. The summed E-state index contributed by atoms with van der Waals surface area (Å²) in [5.74, 6) is -0.693. The molecule has 1 radical (unpaired) electrons. The SMILES string of the molecule is CCCCC(=O)O.[V]. The van der Waals surface area contributed by atoms with Gasteiger partial charge in [-0.25, -0.2) is 0 Å². The van der Waals surface area contributed by atoms with E-state index in [1.54, 1.807) is 0 Å². The van der Waals surface area contributed by atoms with E-state index >= 15 is 0 Å². The van der Waals surface area contributed by atoms with E-state index in [2.05, 4.69) is 0 Å². The Morgan fingerprint density at radius 1 is 1.62 bits per heavy atom. The molecule has 0 amide bonds. The Labute approximate surface area is 61.2 Å². The largest absolute Gasteiger partial charge is 0.481 e. The van der Waals surface area contributed by atoms with Crippen LogP contribution in [0, 0.1) is 0 Å². The van der Waals surface area contributed by atoms with Crippen molar-refractivity contribution in [2.24, 2.45) is 0 Å². The van der Waals surface area contributed by atoms with Gasteiger partial charge in [0, 0.05) is 25.0 Å². The Hall–Kier alpha value is 0.0544. The molecule has 1 N–H and O–H groups in total. The molecule has 0 bridgehead atoms. The summed E-state index contributed by atoms with van der Waals surface area (Å²) in [6, 6.07) is 0. The first-order valence-electron chi connectivity index (χ1n) is 2.49. The van der Waals surface area contributed by atoms with E-state index < -0.39 is 5.97 Å². The topological polar surface area (TPSA) is 37.3 Å². The number of carbonyl (C=O) groups is 1. The molecule has 0 saturated heterocycles. The van der Waals surface area contributed by atoms with Crippen LogP contribution in [0.25, 0.3) is 0 Å². The van der Waals surface area contributed by atoms with Gasteiger partial charge in [0.2, 0.25) is 0 Å². The molecule has 0 unspecified atom stereocenters. The van der Waals surface area contributed by atoms with Gasteiger partial charge in [0.15, 0.2) is 0 Å². The van der Waals surface area contributed by atoms with Crippen LogP contribution in [0.15, 0.2) is 0 Å². The van der Waals surface area contributed by atoms with E-state index in [0.717, 1.165) is 12.8 Å². The van der Waals surface area contributed by atoms with Crippen molar-refractivity contribution in [2.75, 3.05) is 0 Å². The molecule has 0 aliphatic carbocycles. The standard InChI is InChI=1S/C5H10O2.V/c1-2-3-4-5(6)7;/h2-4H2,1H3,(H,6,7);. The molecule has 0 fully saturated rings. The maximum Gasteiger partial charge on any atom is 0.303 e. The van der Waals surface area contributed by atoms with Crippen molar-refractivity contribution in [2.45, 2.75) is 26.2 Å². The summed E-state index contributed by atoms with van der Waals surface area (Å²) in [5.41, 5.74) is 0. The van der Waals surface area contributed by atoms with Crippen molar-refractivity contribution >= 4 is 5.97 Å². The molecule has 0 spiro atoms. The van der Waals surface area contributed by atoms with Crippen LogP contribution in [0.1, 0.15) is 26.2 Å². The molecule has 0 aromatic carbocycles. The van der Waals surface area contributed by atoms with Crippen molar-refractivity contribution in [3.63, 3.8) is 0 Å². The summed E-state index contributed by atoms with van der Waals surface area (Å²) in [6.07, 6.45) is 2.08. The van der Waals surface area contributed by atoms with Crippen LogP contribution < -0.4 is 0 Å². The summed E-state index contributed by atoms with van der Waals surface area (Å²) in [7, 11) is 0. The Kier molecular flexibility index (Phi) is 9.64. The van der Waals surface area contributed by atoms with Gasteiger partial charge < -0.3 is 5.11 Å². The number of unbranched alkanes of at least 4 members (excludes halogenated alkanes) is 1. The van der Waals surface area contributed by atoms with E-state index in [4.69, 9.17) is 5.11 Å². The first kappa shape index (κ1) is 10.9. The minimum Gasteiger partial charge on any atom is -0.481 e. The Morgan fingerprint density at radius 3 is 2.25 bits per heavy atom. The quantitative estimate of drug-likeness (QED) is 0.662. The monoisotopic (exact) mass is 153 g/mol. The van der Waals surface area contributed by atoms with E-state index in [1.807, 2.05) is 6.92 Å². The van der Waals surface area contributed by atoms with Gasteiger partial charge in [-0.3, -0.25) is 4.79 Å². The van der Waals surface area contributed by atoms with Gasteiger partial charge in [-0.1, -0.05) is 13.3 Å². The van der Waals surface area contributed by atoms with Gasteiger partial charge in [-0.05, 0) is 6.42 Å². The first-order chi connectivity index (χ1) is 3.27. The van der Waals surface area contributed by atoms with E-state index in [9.17, 15) is 4.79 Å². The minimum absolute atomic E-state index is 0. The van der Waals surface area contributed by atoms with Crippen LogP contribution in [-0.2, 0) is 23.4 Å². The molecule has 8 heavy (non-hydrogen) atoms. The number of aliphatic carboxylic acids is 1. The van der Waals surface area contributed by atoms with Crippen molar-refractivity contribution in [3.8, 4) is 0 Å². The maximum absolute atomic E-state index is 9.76. The fourth-order valence-electron chi connectivity index (χ4n) is 0.328. The molecule has 2 nitrogen and oxygen atoms in total. The zero-order valence-electron chi connectivity index (χ0n) is 4.92. The molecule has 3 heteroatoms. The fourth-order valence-corrected chi connectivity index (χ4v) is 0.328. The average molecular weight is 153 g/mol. The minimum atomic E-state index is -0.693. The predicted molar refractivity (Wildman–Crippen MR) is 27.2 cm³/mol. The number of hydrogen-bond acceptors (Lipinski definition) is 1. The van der Waals surface area contributed by atoms with Crippen LogP contribution >= 0.6 is 0 Å². The second kappa shape index (κ2) is 7.05.